The van der Waals surface area contributed by atoms with Gasteiger partial charge < -0.3 is 0 Å². The molecule has 248 valence electrons. The van der Waals surface area contributed by atoms with Crippen LogP contribution in [0.2, 0.25) is 0 Å². The Kier molecular flexibility index (Phi) is 6.58. The first-order chi connectivity index (χ1) is 26.7. The fraction of sp³-hybridized carbons (Fsp3) is 0. The molecule has 1 heterocycles. The average molecular weight is 685 g/mol. The van der Waals surface area contributed by atoms with Crippen molar-refractivity contribution in [2.24, 2.45) is 0 Å². The highest BCUT2D eigenvalue weighted by Crippen LogP contribution is 2.44. The van der Waals surface area contributed by atoms with Gasteiger partial charge in [-0.05, 0) is 100 Å². The molecule has 54 heavy (non-hydrogen) atoms. The smallest absolute Gasteiger partial charge is 0.164 e. The highest BCUT2D eigenvalue weighted by molar-refractivity contribution is 6.37. The van der Waals surface area contributed by atoms with Crippen LogP contribution in [-0.2, 0) is 0 Å². The molecule has 0 radical (unpaired) electrons. The van der Waals surface area contributed by atoms with Crippen molar-refractivity contribution in [1.82, 2.24) is 15.0 Å². The zero-order chi connectivity index (χ0) is 35.8. The maximum absolute atomic E-state index is 9.25. The molecule has 11 aromatic rings. The highest BCUT2D eigenvalue weighted by atomic mass is 15.0. The lowest BCUT2D eigenvalue weighted by Gasteiger charge is -2.17. The minimum Gasteiger partial charge on any atom is -0.208 e. The molecule has 0 amide bonds. The lowest BCUT2D eigenvalue weighted by molar-refractivity contribution is 1.07. The quantitative estimate of drug-likeness (QED) is 0.173. The predicted molar refractivity (Wildman–Crippen MR) is 223 cm³/mol. The molecule has 0 N–H and O–H groups in total. The Morgan fingerprint density at radius 1 is 0.315 bits per heavy atom. The van der Waals surface area contributed by atoms with Gasteiger partial charge in [0.2, 0.25) is 0 Å². The minimum atomic E-state index is 0.606. The molecule has 0 bridgehead atoms. The molecular formula is C50H28N4. The van der Waals surface area contributed by atoms with E-state index in [0.29, 0.717) is 23.0 Å². The first kappa shape index (κ1) is 30.2. The van der Waals surface area contributed by atoms with Crippen molar-refractivity contribution in [3.63, 3.8) is 0 Å². The van der Waals surface area contributed by atoms with Gasteiger partial charge in [-0.25, -0.2) is 15.0 Å². The van der Waals surface area contributed by atoms with Gasteiger partial charge in [-0.1, -0.05) is 146 Å². The standard InChI is InChI=1S/C50H28N4/c51-29-30-15-17-31(18-16-30)32-19-24-37(25-20-32)49-52-48(36-7-2-1-3-8-36)53-50(54-49)39-27-38-26-23-35-10-5-13-41-40-12-4-9-33-21-22-34-11-6-14-42(46(34)44(33)40)43(28-39)47(38)45(35)41/h1-28H. The number of benzene rings is 9. The summed E-state index contributed by atoms with van der Waals surface area (Å²) in [5.74, 6) is 1.85. The third-order valence-electron chi connectivity index (χ3n) is 10.8. The van der Waals surface area contributed by atoms with Crippen molar-refractivity contribution in [2.45, 2.75) is 0 Å². The van der Waals surface area contributed by atoms with E-state index in [9.17, 15) is 5.26 Å². The molecule has 1 aromatic heterocycles. The van der Waals surface area contributed by atoms with Gasteiger partial charge in [-0.2, -0.15) is 5.26 Å². The Morgan fingerprint density at radius 3 is 1.28 bits per heavy atom. The van der Waals surface area contributed by atoms with E-state index in [2.05, 4.69) is 121 Å². The molecular weight excluding hydrogens is 657 g/mol. The summed E-state index contributed by atoms with van der Waals surface area (Å²) in [6.45, 7) is 0. The molecule has 0 aliphatic carbocycles. The second kappa shape index (κ2) is 11.8. The molecule has 0 fully saturated rings. The van der Waals surface area contributed by atoms with Crippen molar-refractivity contribution in [3.8, 4) is 51.4 Å². The number of nitriles is 1. The maximum atomic E-state index is 9.25. The lowest BCUT2D eigenvalue weighted by Crippen LogP contribution is -2.00. The van der Waals surface area contributed by atoms with E-state index in [1.54, 1.807) is 0 Å². The van der Waals surface area contributed by atoms with Crippen LogP contribution in [-0.4, -0.2) is 15.0 Å². The number of fused-ring (bicyclic) bond motifs is 2. The summed E-state index contributed by atoms with van der Waals surface area (Å²) >= 11 is 0. The van der Waals surface area contributed by atoms with Crippen molar-refractivity contribution in [1.29, 1.82) is 5.26 Å². The summed E-state index contributed by atoms with van der Waals surface area (Å²) < 4.78 is 0. The van der Waals surface area contributed by atoms with E-state index >= 15 is 0 Å². The van der Waals surface area contributed by atoms with Crippen LogP contribution in [0.3, 0.4) is 0 Å². The Hall–Kier alpha value is -7.48. The first-order valence-corrected chi connectivity index (χ1v) is 18.1. The van der Waals surface area contributed by atoms with E-state index in [1.165, 1.54) is 59.2 Å². The van der Waals surface area contributed by atoms with Crippen LogP contribution in [0.1, 0.15) is 5.56 Å². The summed E-state index contributed by atoms with van der Waals surface area (Å²) in [7, 11) is 0. The average Bonchev–Trinajstić information content (AvgIpc) is 3.25. The second-order valence-electron chi connectivity index (χ2n) is 13.9. The second-order valence-corrected chi connectivity index (χ2v) is 13.9. The topological polar surface area (TPSA) is 62.5 Å². The van der Waals surface area contributed by atoms with Crippen molar-refractivity contribution < 1.29 is 0 Å². The number of nitrogens with zero attached hydrogens (tertiary/aromatic N) is 4. The fourth-order valence-corrected chi connectivity index (χ4v) is 8.31. The lowest BCUT2D eigenvalue weighted by atomic mass is 9.87. The predicted octanol–water partition coefficient (Wildman–Crippen LogP) is 12.8. The SMILES string of the molecule is N#Cc1ccc(-c2ccc(-c3nc(-c4ccccc4)nc(-c4cc5ccc6cccc7c8cccc9ccc%10cccc(c(c4)c5c67)c%10c98)n3)cc2)cc1. The molecule has 0 aliphatic rings. The van der Waals surface area contributed by atoms with Crippen LogP contribution in [0, 0.1) is 11.3 Å². The van der Waals surface area contributed by atoms with Crippen molar-refractivity contribution in [3.05, 3.63) is 175 Å². The Labute approximate surface area is 310 Å². The van der Waals surface area contributed by atoms with Gasteiger partial charge in [-0.15, -0.1) is 0 Å². The molecule has 4 nitrogen and oxygen atoms in total. The van der Waals surface area contributed by atoms with Crippen LogP contribution in [0.15, 0.2) is 170 Å². The molecule has 0 unspecified atom stereocenters. The zero-order valence-electron chi connectivity index (χ0n) is 29.0. The van der Waals surface area contributed by atoms with Gasteiger partial charge in [0.05, 0.1) is 11.6 Å². The third-order valence-corrected chi connectivity index (χ3v) is 10.8. The van der Waals surface area contributed by atoms with E-state index in [1.807, 2.05) is 54.6 Å². The van der Waals surface area contributed by atoms with Gasteiger partial charge in [0.25, 0.3) is 0 Å². The van der Waals surface area contributed by atoms with Crippen molar-refractivity contribution in [2.75, 3.05) is 0 Å². The first-order valence-electron chi connectivity index (χ1n) is 18.1. The van der Waals surface area contributed by atoms with E-state index in [-0.39, 0.29) is 0 Å². The molecule has 0 saturated heterocycles. The monoisotopic (exact) mass is 684 g/mol. The van der Waals surface area contributed by atoms with Gasteiger partial charge in [0, 0.05) is 16.7 Å². The number of rotatable bonds is 4. The maximum Gasteiger partial charge on any atom is 0.164 e. The zero-order valence-corrected chi connectivity index (χ0v) is 29.0. The van der Waals surface area contributed by atoms with Gasteiger partial charge in [0.1, 0.15) is 0 Å². The molecule has 0 aliphatic heterocycles. The molecule has 0 atom stereocenters. The van der Waals surface area contributed by atoms with E-state index < -0.39 is 0 Å². The summed E-state index contributed by atoms with van der Waals surface area (Å²) in [6.07, 6.45) is 0. The van der Waals surface area contributed by atoms with E-state index in [0.717, 1.165) is 33.2 Å². The Bertz CT molecular complexity index is 3300. The minimum absolute atomic E-state index is 0.606. The third kappa shape index (κ3) is 4.66. The van der Waals surface area contributed by atoms with Crippen molar-refractivity contribution >= 4 is 64.6 Å². The highest BCUT2D eigenvalue weighted by Gasteiger charge is 2.18. The van der Waals surface area contributed by atoms with Crippen LogP contribution in [0.25, 0.3) is 110 Å². The summed E-state index contributed by atoms with van der Waals surface area (Å²) in [4.78, 5) is 15.4. The van der Waals surface area contributed by atoms with Gasteiger partial charge >= 0.3 is 0 Å². The molecule has 10 aromatic carbocycles. The van der Waals surface area contributed by atoms with Crippen LogP contribution in [0.5, 0.6) is 0 Å². The largest absolute Gasteiger partial charge is 0.208 e. The molecule has 4 heteroatoms. The van der Waals surface area contributed by atoms with Gasteiger partial charge in [0.15, 0.2) is 17.5 Å². The number of hydrogen-bond acceptors (Lipinski definition) is 4. The van der Waals surface area contributed by atoms with Crippen LogP contribution >= 0.6 is 0 Å². The van der Waals surface area contributed by atoms with E-state index in [4.69, 9.17) is 15.0 Å². The molecule has 0 saturated carbocycles. The van der Waals surface area contributed by atoms with Crippen LogP contribution in [0.4, 0.5) is 0 Å². The summed E-state index contributed by atoms with van der Waals surface area (Å²) in [5.41, 5.74) is 5.50. The fourth-order valence-electron chi connectivity index (χ4n) is 8.31. The normalized spacial score (nSPS) is 11.7. The molecule has 11 rings (SSSR count). The van der Waals surface area contributed by atoms with Gasteiger partial charge in [-0.3, -0.25) is 0 Å². The Morgan fingerprint density at radius 2 is 0.741 bits per heavy atom. The summed E-state index contributed by atoms with van der Waals surface area (Å²) in [6, 6.07) is 61.8. The number of aromatic nitrogens is 3. The number of hydrogen-bond donors (Lipinski definition) is 0. The Balaban J connectivity index is 1.19. The summed E-state index contributed by atoms with van der Waals surface area (Å²) in [5, 5.41) is 24.0. The van der Waals surface area contributed by atoms with Crippen LogP contribution < -0.4 is 0 Å². The molecule has 0 spiro atoms.